The highest BCUT2D eigenvalue weighted by Crippen LogP contribution is 2.39. The highest BCUT2D eigenvalue weighted by atomic mass is 35.5. The lowest BCUT2D eigenvalue weighted by Crippen LogP contribution is -2.43. The second-order valence-electron chi connectivity index (χ2n) is 8.23. The first-order valence-corrected chi connectivity index (χ1v) is 10.9. The molecule has 1 aliphatic heterocycles. The molecule has 0 radical (unpaired) electrons. The molecule has 0 aliphatic carbocycles. The lowest BCUT2D eigenvalue weighted by molar-refractivity contribution is 0.193. The Labute approximate surface area is 186 Å². The largest absolute Gasteiger partial charge is 0.356 e. The molecule has 4 aromatic rings. The first kappa shape index (κ1) is 19.7. The maximum Gasteiger partial charge on any atom is 0.322 e. The maximum absolute atomic E-state index is 13.4. The second kappa shape index (κ2) is 7.78. The van der Waals surface area contributed by atoms with Gasteiger partial charge in [0.1, 0.15) is 0 Å². The van der Waals surface area contributed by atoms with Crippen molar-refractivity contribution < 1.29 is 4.79 Å². The van der Waals surface area contributed by atoms with Crippen LogP contribution in [0, 0.1) is 13.8 Å². The molecule has 156 valence electrons. The third-order valence-electron chi connectivity index (χ3n) is 6.05. The van der Waals surface area contributed by atoms with Gasteiger partial charge in [-0.15, -0.1) is 0 Å². The zero-order valence-electron chi connectivity index (χ0n) is 17.6. The number of rotatable bonds is 2. The van der Waals surface area contributed by atoms with Gasteiger partial charge in [0, 0.05) is 23.1 Å². The van der Waals surface area contributed by atoms with E-state index < -0.39 is 0 Å². The summed E-state index contributed by atoms with van der Waals surface area (Å²) in [7, 11) is 0. The van der Waals surface area contributed by atoms with Gasteiger partial charge in [0.25, 0.3) is 0 Å². The van der Waals surface area contributed by atoms with Crippen LogP contribution in [0.5, 0.6) is 0 Å². The van der Waals surface area contributed by atoms with Crippen molar-refractivity contribution in [2.75, 3.05) is 11.9 Å². The van der Waals surface area contributed by atoms with Crippen LogP contribution in [0.2, 0.25) is 5.02 Å². The number of aromatic nitrogens is 1. The summed E-state index contributed by atoms with van der Waals surface area (Å²) in [6.07, 6.45) is 0.802. The molecule has 0 fully saturated rings. The third kappa shape index (κ3) is 3.57. The molecule has 0 unspecified atom stereocenters. The van der Waals surface area contributed by atoms with Crippen molar-refractivity contribution in [1.29, 1.82) is 0 Å². The molecule has 2 heterocycles. The minimum Gasteiger partial charge on any atom is -0.356 e. The van der Waals surface area contributed by atoms with Gasteiger partial charge < -0.3 is 15.2 Å². The molecule has 0 bridgehead atoms. The number of aromatic amines is 1. The predicted molar refractivity (Wildman–Crippen MR) is 127 cm³/mol. The van der Waals surface area contributed by atoms with Gasteiger partial charge in [0.15, 0.2) is 0 Å². The van der Waals surface area contributed by atoms with Crippen LogP contribution in [0.15, 0.2) is 66.7 Å². The fourth-order valence-corrected chi connectivity index (χ4v) is 4.75. The maximum atomic E-state index is 13.4. The quantitative estimate of drug-likeness (QED) is 0.369. The molecule has 3 aromatic carbocycles. The van der Waals surface area contributed by atoms with Gasteiger partial charge >= 0.3 is 6.03 Å². The number of halogens is 1. The van der Waals surface area contributed by atoms with Gasteiger partial charge in [-0.1, -0.05) is 65.7 Å². The topological polar surface area (TPSA) is 48.1 Å². The number of hydrogen-bond donors (Lipinski definition) is 2. The predicted octanol–water partition coefficient (Wildman–Crippen LogP) is 6.62. The molecule has 2 N–H and O–H groups in total. The van der Waals surface area contributed by atoms with Crippen LogP contribution in [0.3, 0.4) is 0 Å². The summed E-state index contributed by atoms with van der Waals surface area (Å²) in [5.41, 5.74) is 7.44. The molecular weight excluding hydrogens is 406 g/mol. The Morgan fingerprint density at radius 3 is 2.55 bits per heavy atom. The lowest BCUT2D eigenvalue weighted by Gasteiger charge is -2.36. The zero-order valence-corrected chi connectivity index (χ0v) is 18.3. The van der Waals surface area contributed by atoms with Crippen LogP contribution in [-0.4, -0.2) is 22.5 Å². The number of hydrogen-bond acceptors (Lipinski definition) is 1. The van der Waals surface area contributed by atoms with E-state index >= 15 is 0 Å². The molecule has 5 rings (SSSR count). The van der Waals surface area contributed by atoms with Crippen molar-refractivity contribution in [3.05, 3.63) is 99.7 Å². The average molecular weight is 430 g/mol. The van der Waals surface area contributed by atoms with Gasteiger partial charge in [-0.2, -0.15) is 0 Å². The van der Waals surface area contributed by atoms with Gasteiger partial charge in [-0.25, -0.2) is 4.79 Å². The number of H-pyrrole nitrogens is 1. The first-order valence-electron chi connectivity index (χ1n) is 10.5. The van der Waals surface area contributed by atoms with Crippen molar-refractivity contribution in [3.8, 4) is 0 Å². The van der Waals surface area contributed by atoms with Gasteiger partial charge in [0.05, 0.1) is 16.8 Å². The number of anilines is 1. The number of nitrogens with zero attached hydrogens (tertiary/aromatic N) is 1. The summed E-state index contributed by atoms with van der Waals surface area (Å²) < 4.78 is 0. The van der Waals surface area contributed by atoms with E-state index in [0.29, 0.717) is 17.3 Å². The number of carbonyl (C=O) groups excluding carboxylic acids is 1. The van der Waals surface area contributed by atoms with Crippen LogP contribution in [0.1, 0.15) is 34.0 Å². The Hall–Kier alpha value is -3.24. The van der Waals surface area contributed by atoms with E-state index in [1.54, 1.807) is 0 Å². The number of aryl methyl sites for hydroxylation is 2. The number of benzene rings is 3. The Morgan fingerprint density at radius 2 is 1.77 bits per heavy atom. The molecule has 31 heavy (non-hydrogen) atoms. The summed E-state index contributed by atoms with van der Waals surface area (Å²) in [4.78, 5) is 18.9. The van der Waals surface area contributed by atoms with E-state index in [2.05, 4.69) is 59.7 Å². The molecule has 0 saturated carbocycles. The van der Waals surface area contributed by atoms with Gasteiger partial charge in [-0.05, 0) is 55.2 Å². The minimum absolute atomic E-state index is 0.152. The van der Waals surface area contributed by atoms with Crippen LogP contribution >= 0.6 is 11.6 Å². The molecule has 1 atom stereocenters. The Kier molecular flexibility index (Phi) is 4.95. The standard InChI is InChI=1S/C26H24ClN3O/c1-16-7-10-18(11-8-16)25-24-20(19-5-3-4-6-22(19)28-24)13-14-30(25)26(31)29-23-12-9-17(2)15-21(23)27/h3-12,15,25,28H,13-14H2,1-2H3,(H,29,31)/t25-/m1/s1. The van der Waals surface area contributed by atoms with Crippen LogP contribution in [0.25, 0.3) is 10.9 Å². The number of amides is 2. The highest BCUT2D eigenvalue weighted by Gasteiger charge is 2.34. The molecular formula is C26H24ClN3O. The van der Waals surface area contributed by atoms with Crippen LogP contribution < -0.4 is 5.32 Å². The number of nitrogens with one attached hydrogen (secondary N) is 2. The summed E-state index contributed by atoms with van der Waals surface area (Å²) in [5, 5.41) is 4.80. The monoisotopic (exact) mass is 429 g/mol. The fourth-order valence-electron chi connectivity index (χ4n) is 4.46. The van der Waals surface area contributed by atoms with E-state index in [9.17, 15) is 4.79 Å². The molecule has 5 heteroatoms. The Balaban J connectivity index is 1.57. The third-order valence-corrected chi connectivity index (χ3v) is 6.37. The minimum atomic E-state index is -0.194. The van der Waals surface area contributed by atoms with Crippen molar-refractivity contribution >= 4 is 34.2 Å². The highest BCUT2D eigenvalue weighted by molar-refractivity contribution is 6.33. The van der Waals surface area contributed by atoms with Crippen molar-refractivity contribution in [2.45, 2.75) is 26.3 Å². The number of carbonyl (C=O) groups is 1. The summed E-state index contributed by atoms with van der Waals surface area (Å²) >= 11 is 6.38. The SMILES string of the molecule is Cc1ccc([C@@H]2c3[nH]c4ccccc4c3CCN2C(=O)Nc2ccc(C)cc2Cl)cc1. The Bertz CT molecular complexity index is 1280. The molecule has 1 aromatic heterocycles. The van der Waals surface area contributed by atoms with E-state index in [-0.39, 0.29) is 12.1 Å². The molecule has 4 nitrogen and oxygen atoms in total. The summed E-state index contributed by atoms with van der Waals surface area (Å²) in [5.74, 6) is 0. The molecule has 0 saturated heterocycles. The summed E-state index contributed by atoms with van der Waals surface area (Å²) in [6, 6.07) is 22.1. The summed E-state index contributed by atoms with van der Waals surface area (Å²) in [6.45, 7) is 4.68. The average Bonchev–Trinajstić information content (AvgIpc) is 3.14. The van der Waals surface area contributed by atoms with E-state index in [0.717, 1.165) is 28.8 Å². The van der Waals surface area contributed by atoms with Gasteiger partial charge in [-0.3, -0.25) is 0 Å². The number of urea groups is 1. The van der Waals surface area contributed by atoms with E-state index in [4.69, 9.17) is 11.6 Å². The van der Waals surface area contributed by atoms with Crippen LogP contribution in [-0.2, 0) is 6.42 Å². The zero-order chi connectivity index (χ0) is 21.5. The van der Waals surface area contributed by atoms with Gasteiger partial charge in [0.2, 0.25) is 0 Å². The van der Waals surface area contributed by atoms with Crippen molar-refractivity contribution in [2.24, 2.45) is 0 Å². The number of para-hydroxylation sites is 1. The van der Waals surface area contributed by atoms with Crippen molar-refractivity contribution in [1.82, 2.24) is 9.88 Å². The normalized spacial score (nSPS) is 15.7. The number of fused-ring (bicyclic) bond motifs is 3. The molecule has 2 amide bonds. The fraction of sp³-hybridized carbons (Fsp3) is 0.192. The second-order valence-corrected chi connectivity index (χ2v) is 8.64. The van der Waals surface area contributed by atoms with E-state index in [1.807, 2.05) is 36.1 Å². The molecule has 0 spiro atoms. The Morgan fingerprint density at radius 1 is 1.03 bits per heavy atom. The smallest absolute Gasteiger partial charge is 0.322 e. The van der Waals surface area contributed by atoms with Crippen LogP contribution in [0.4, 0.5) is 10.5 Å². The molecule has 1 aliphatic rings. The van der Waals surface area contributed by atoms with E-state index in [1.165, 1.54) is 16.5 Å². The lowest BCUT2D eigenvalue weighted by atomic mass is 9.92. The first-order chi connectivity index (χ1) is 15.0. The van der Waals surface area contributed by atoms with Crippen molar-refractivity contribution in [3.63, 3.8) is 0 Å².